The van der Waals surface area contributed by atoms with Crippen LogP contribution in [0.3, 0.4) is 0 Å². The van der Waals surface area contributed by atoms with Crippen molar-refractivity contribution in [2.45, 2.75) is 25.4 Å². The van der Waals surface area contributed by atoms with Crippen LogP contribution >= 0.6 is 11.6 Å². The molecule has 21 heavy (non-hydrogen) atoms. The molecule has 2 rings (SSSR count). The van der Waals surface area contributed by atoms with Crippen LogP contribution in [0.25, 0.3) is 0 Å². The summed E-state index contributed by atoms with van der Waals surface area (Å²) in [5, 5.41) is -0.469. The standard InChI is InChI=1S/C12H14ClF3N2O2S/c13-11-5-4-9(8-10(11)12(14,15)16)17-21(19,20)18-6-2-1-3-7-18/h4-5,8,17H,1-3,6-7H2. The van der Waals surface area contributed by atoms with E-state index in [2.05, 4.69) is 4.72 Å². The maximum atomic E-state index is 12.7. The summed E-state index contributed by atoms with van der Waals surface area (Å²) >= 11 is 5.49. The molecule has 0 spiro atoms. The average Bonchev–Trinajstić information content (AvgIpc) is 2.40. The molecule has 1 heterocycles. The van der Waals surface area contributed by atoms with Crippen molar-refractivity contribution in [2.75, 3.05) is 17.8 Å². The van der Waals surface area contributed by atoms with E-state index in [1.165, 1.54) is 10.4 Å². The van der Waals surface area contributed by atoms with Crippen molar-refractivity contribution in [1.29, 1.82) is 0 Å². The van der Waals surface area contributed by atoms with Crippen LogP contribution in [0.5, 0.6) is 0 Å². The van der Waals surface area contributed by atoms with Crippen molar-refractivity contribution in [2.24, 2.45) is 0 Å². The fourth-order valence-corrected chi connectivity index (χ4v) is 3.64. The molecule has 0 unspecified atom stereocenters. The van der Waals surface area contributed by atoms with E-state index in [0.29, 0.717) is 19.2 Å². The summed E-state index contributed by atoms with van der Waals surface area (Å²) in [5.41, 5.74) is -1.22. The first-order chi connectivity index (χ1) is 9.70. The van der Waals surface area contributed by atoms with Gasteiger partial charge in [0.15, 0.2) is 0 Å². The number of hydrogen-bond acceptors (Lipinski definition) is 2. The molecule has 0 radical (unpaired) electrons. The van der Waals surface area contributed by atoms with E-state index in [-0.39, 0.29) is 5.69 Å². The number of nitrogens with one attached hydrogen (secondary N) is 1. The molecule has 1 aliphatic heterocycles. The van der Waals surface area contributed by atoms with Crippen molar-refractivity contribution in [3.63, 3.8) is 0 Å². The second kappa shape index (κ2) is 6.02. The van der Waals surface area contributed by atoms with Crippen molar-refractivity contribution in [3.05, 3.63) is 28.8 Å². The number of nitrogens with zero attached hydrogens (tertiary/aromatic N) is 1. The van der Waals surface area contributed by atoms with Crippen molar-refractivity contribution >= 4 is 27.5 Å². The van der Waals surface area contributed by atoms with E-state index in [9.17, 15) is 21.6 Å². The molecule has 4 nitrogen and oxygen atoms in total. The number of alkyl halides is 3. The highest BCUT2D eigenvalue weighted by molar-refractivity contribution is 7.90. The van der Waals surface area contributed by atoms with Crippen LogP contribution in [-0.2, 0) is 16.4 Å². The fourth-order valence-electron chi connectivity index (χ4n) is 2.12. The predicted molar refractivity (Wildman–Crippen MR) is 74.4 cm³/mol. The lowest BCUT2D eigenvalue weighted by Gasteiger charge is -2.26. The van der Waals surface area contributed by atoms with Crippen LogP contribution in [0.15, 0.2) is 18.2 Å². The maximum Gasteiger partial charge on any atom is 0.417 e. The molecular weight excluding hydrogens is 329 g/mol. The number of rotatable bonds is 3. The first kappa shape index (κ1) is 16.4. The van der Waals surface area contributed by atoms with Gasteiger partial charge in [0, 0.05) is 13.1 Å². The van der Waals surface area contributed by atoms with Gasteiger partial charge in [0.25, 0.3) is 0 Å². The Hall–Kier alpha value is -0.990. The van der Waals surface area contributed by atoms with Gasteiger partial charge < -0.3 is 0 Å². The summed E-state index contributed by atoms with van der Waals surface area (Å²) in [6, 6.07) is 2.93. The molecule has 0 saturated carbocycles. The molecule has 0 aromatic heterocycles. The van der Waals surface area contributed by atoms with E-state index in [0.717, 1.165) is 25.3 Å². The second-order valence-corrected chi connectivity index (χ2v) is 6.84. The Kier molecular flexibility index (Phi) is 4.69. The van der Waals surface area contributed by atoms with Crippen LogP contribution < -0.4 is 4.72 Å². The van der Waals surface area contributed by atoms with Gasteiger partial charge in [0.2, 0.25) is 0 Å². The van der Waals surface area contributed by atoms with E-state index in [1.807, 2.05) is 0 Å². The minimum Gasteiger partial charge on any atom is -0.271 e. The lowest BCUT2D eigenvalue weighted by molar-refractivity contribution is -0.137. The molecule has 118 valence electrons. The summed E-state index contributed by atoms with van der Waals surface area (Å²) in [5.74, 6) is 0. The highest BCUT2D eigenvalue weighted by Gasteiger charge is 2.34. The predicted octanol–water partition coefficient (Wildman–Crippen LogP) is 3.50. The molecule has 1 aliphatic rings. The third-order valence-electron chi connectivity index (χ3n) is 3.17. The lowest BCUT2D eigenvalue weighted by atomic mass is 10.2. The van der Waals surface area contributed by atoms with Gasteiger partial charge in [-0.15, -0.1) is 0 Å². The molecule has 1 aromatic carbocycles. The zero-order valence-electron chi connectivity index (χ0n) is 11.0. The van der Waals surface area contributed by atoms with Crippen LogP contribution in [-0.4, -0.2) is 25.8 Å². The summed E-state index contributed by atoms with van der Waals surface area (Å²) < 4.78 is 65.8. The molecule has 1 saturated heterocycles. The van der Waals surface area contributed by atoms with Gasteiger partial charge in [0.05, 0.1) is 16.3 Å². The highest BCUT2D eigenvalue weighted by Crippen LogP contribution is 2.36. The molecule has 0 amide bonds. The molecule has 1 aromatic rings. The SMILES string of the molecule is O=S(=O)(Nc1ccc(Cl)c(C(F)(F)F)c1)N1CCCCC1. The quantitative estimate of drug-likeness (QED) is 0.914. The third kappa shape index (κ3) is 4.02. The van der Waals surface area contributed by atoms with Gasteiger partial charge in [-0.1, -0.05) is 18.0 Å². The van der Waals surface area contributed by atoms with Gasteiger partial charge in [-0.25, -0.2) is 0 Å². The molecule has 9 heteroatoms. The maximum absolute atomic E-state index is 12.7. The van der Waals surface area contributed by atoms with Crippen molar-refractivity contribution < 1.29 is 21.6 Å². The number of anilines is 1. The number of benzene rings is 1. The normalized spacial score (nSPS) is 17.7. The smallest absolute Gasteiger partial charge is 0.271 e. The summed E-state index contributed by atoms with van der Waals surface area (Å²) in [4.78, 5) is 0. The van der Waals surface area contributed by atoms with Crippen LogP contribution in [0.1, 0.15) is 24.8 Å². The average molecular weight is 343 g/mol. The summed E-state index contributed by atoms with van der Waals surface area (Å²) in [6.07, 6.45) is -2.19. The van der Waals surface area contributed by atoms with Crippen LogP contribution in [0.4, 0.5) is 18.9 Å². The van der Waals surface area contributed by atoms with E-state index in [4.69, 9.17) is 11.6 Å². The summed E-state index contributed by atoms with van der Waals surface area (Å²) in [7, 11) is -3.84. The molecular formula is C12H14ClF3N2O2S. The number of halogens is 4. The Morgan fingerprint density at radius 1 is 1.14 bits per heavy atom. The van der Waals surface area contributed by atoms with E-state index >= 15 is 0 Å². The lowest BCUT2D eigenvalue weighted by Crippen LogP contribution is -2.39. The Bertz CT molecular complexity index is 613. The monoisotopic (exact) mass is 342 g/mol. The number of hydrogen-bond donors (Lipinski definition) is 1. The summed E-state index contributed by atoms with van der Waals surface area (Å²) in [6.45, 7) is 0.740. The minimum absolute atomic E-state index is 0.155. The van der Waals surface area contributed by atoms with E-state index in [1.54, 1.807) is 0 Å². The molecule has 0 atom stereocenters. The molecule has 0 bridgehead atoms. The Balaban J connectivity index is 2.23. The minimum atomic E-state index is -4.64. The molecule has 0 aliphatic carbocycles. The zero-order chi connectivity index (χ0) is 15.7. The Morgan fingerprint density at radius 3 is 2.33 bits per heavy atom. The van der Waals surface area contributed by atoms with Gasteiger partial charge in [-0.2, -0.15) is 25.9 Å². The first-order valence-corrected chi connectivity index (χ1v) is 8.16. The van der Waals surface area contributed by atoms with Gasteiger partial charge in [-0.05, 0) is 31.0 Å². The Labute approximate surface area is 126 Å². The first-order valence-electron chi connectivity index (χ1n) is 6.35. The largest absolute Gasteiger partial charge is 0.417 e. The van der Waals surface area contributed by atoms with Gasteiger partial charge in [0.1, 0.15) is 0 Å². The van der Waals surface area contributed by atoms with Crippen LogP contribution in [0.2, 0.25) is 5.02 Å². The Morgan fingerprint density at radius 2 is 1.76 bits per heavy atom. The van der Waals surface area contributed by atoms with Crippen LogP contribution in [0, 0.1) is 0 Å². The van der Waals surface area contributed by atoms with E-state index < -0.39 is 27.0 Å². The molecule has 1 fully saturated rings. The second-order valence-electron chi connectivity index (χ2n) is 4.76. The zero-order valence-corrected chi connectivity index (χ0v) is 12.5. The van der Waals surface area contributed by atoms with Gasteiger partial charge >= 0.3 is 16.4 Å². The van der Waals surface area contributed by atoms with Crippen molar-refractivity contribution in [3.8, 4) is 0 Å². The third-order valence-corrected chi connectivity index (χ3v) is 5.04. The fraction of sp³-hybridized carbons (Fsp3) is 0.500. The van der Waals surface area contributed by atoms with Crippen molar-refractivity contribution in [1.82, 2.24) is 4.31 Å². The highest BCUT2D eigenvalue weighted by atomic mass is 35.5. The number of piperidine rings is 1. The topological polar surface area (TPSA) is 49.4 Å². The molecule has 1 N–H and O–H groups in total. The van der Waals surface area contributed by atoms with Gasteiger partial charge in [-0.3, -0.25) is 4.72 Å².